The Bertz CT molecular complexity index is 1220. The number of anilines is 4. The van der Waals surface area contributed by atoms with Gasteiger partial charge in [0.05, 0.1) is 11.6 Å². The van der Waals surface area contributed by atoms with Crippen LogP contribution in [0.25, 0.3) is 0 Å². The van der Waals surface area contributed by atoms with Gasteiger partial charge in [0.2, 0.25) is 11.9 Å². The van der Waals surface area contributed by atoms with Gasteiger partial charge in [0.1, 0.15) is 5.82 Å². The summed E-state index contributed by atoms with van der Waals surface area (Å²) < 4.78 is 0. The Labute approximate surface area is 181 Å². The van der Waals surface area contributed by atoms with Crippen molar-refractivity contribution >= 4 is 29.0 Å². The lowest BCUT2D eigenvalue weighted by molar-refractivity contribution is -0.119. The van der Waals surface area contributed by atoms with E-state index in [0.29, 0.717) is 18.2 Å². The summed E-state index contributed by atoms with van der Waals surface area (Å²) in [5, 5.41) is 3.23. The first-order chi connectivity index (χ1) is 15.2. The second-order valence-corrected chi connectivity index (χ2v) is 7.66. The fourth-order valence-corrected chi connectivity index (χ4v) is 4.06. The summed E-state index contributed by atoms with van der Waals surface area (Å²) in [4.78, 5) is 24.8. The van der Waals surface area contributed by atoms with Gasteiger partial charge in [-0.25, -0.2) is 4.98 Å². The summed E-state index contributed by atoms with van der Waals surface area (Å²) in [6, 6.07) is 27.5. The molecule has 5 rings (SSSR count). The van der Waals surface area contributed by atoms with Crippen LogP contribution in [0.3, 0.4) is 0 Å². The molecule has 0 saturated carbocycles. The van der Waals surface area contributed by atoms with Crippen molar-refractivity contribution in [1.82, 2.24) is 9.97 Å². The minimum atomic E-state index is -0.273. The van der Waals surface area contributed by atoms with E-state index < -0.39 is 0 Å². The van der Waals surface area contributed by atoms with Crippen molar-refractivity contribution in [2.45, 2.75) is 19.3 Å². The van der Waals surface area contributed by atoms with E-state index in [0.717, 1.165) is 28.1 Å². The zero-order valence-electron chi connectivity index (χ0n) is 17.2. The summed E-state index contributed by atoms with van der Waals surface area (Å²) in [5.41, 5.74) is 4.81. The molecule has 0 spiro atoms. The van der Waals surface area contributed by atoms with Crippen LogP contribution in [-0.2, 0) is 11.2 Å². The topological polar surface area (TPSA) is 58.1 Å². The number of para-hydroxylation sites is 2. The number of carbonyl (C=O) groups is 1. The van der Waals surface area contributed by atoms with E-state index in [1.165, 1.54) is 0 Å². The van der Waals surface area contributed by atoms with Gasteiger partial charge in [-0.2, -0.15) is 4.98 Å². The molecule has 1 aromatic heterocycles. The van der Waals surface area contributed by atoms with E-state index in [2.05, 4.69) is 10.3 Å². The van der Waals surface area contributed by atoms with Gasteiger partial charge in [0.15, 0.2) is 0 Å². The van der Waals surface area contributed by atoms with Gasteiger partial charge >= 0.3 is 0 Å². The van der Waals surface area contributed by atoms with Gasteiger partial charge in [-0.05, 0) is 48.7 Å². The van der Waals surface area contributed by atoms with E-state index in [4.69, 9.17) is 4.98 Å². The van der Waals surface area contributed by atoms with Gasteiger partial charge in [0.25, 0.3) is 0 Å². The Balaban J connectivity index is 1.60. The Morgan fingerprint density at radius 3 is 2.32 bits per heavy atom. The van der Waals surface area contributed by atoms with Crippen molar-refractivity contribution in [2.24, 2.45) is 0 Å². The van der Waals surface area contributed by atoms with E-state index in [1.54, 1.807) is 4.90 Å². The van der Waals surface area contributed by atoms with Crippen molar-refractivity contribution in [3.05, 3.63) is 108 Å². The summed E-state index contributed by atoms with van der Waals surface area (Å²) in [6.45, 7) is 2.05. The summed E-state index contributed by atoms with van der Waals surface area (Å²) in [7, 11) is 0. The van der Waals surface area contributed by atoms with Gasteiger partial charge in [-0.3, -0.25) is 9.69 Å². The number of rotatable bonds is 4. The predicted molar refractivity (Wildman–Crippen MR) is 123 cm³/mol. The Morgan fingerprint density at radius 2 is 1.58 bits per heavy atom. The molecular formula is C26H22N4O. The summed E-state index contributed by atoms with van der Waals surface area (Å²) in [5.74, 6) is 0.852. The molecule has 3 aromatic carbocycles. The molecule has 0 aliphatic carbocycles. The molecular weight excluding hydrogens is 384 g/mol. The molecule has 0 fully saturated rings. The lowest BCUT2D eigenvalue weighted by atomic mass is 9.85. The summed E-state index contributed by atoms with van der Waals surface area (Å²) in [6.07, 6.45) is 2.41. The van der Waals surface area contributed by atoms with Crippen LogP contribution in [0.15, 0.2) is 91.1 Å². The molecule has 2 heterocycles. The number of nitrogens with zero attached hydrogens (tertiary/aromatic N) is 3. The molecule has 1 atom stereocenters. The Kier molecular flexibility index (Phi) is 4.92. The number of nitrogens with one attached hydrogen (secondary N) is 1. The lowest BCUT2D eigenvalue weighted by Gasteiger charge is -2.34. The number of aryl methyl sites for hydroxylation is 1. The van der Waals surface area contributed by atoms with Crippen molar-refractivity contribution < 1.29 is 4.79 Å². The average molecular weight is 406 g/mol. The normalized spacial score (nSPS) is 15.5. The molecule has 0 radical (unpaired) electrons. The molecule has 1 unspecified atom stereocenters. The van der Waals surface area contributed by atoms with Crippen molar-refractivity contribution in [3.8, 4) is 0 Å². The third-order valence-electron chi connectivity index (χ3n) is 5.60. The number of amides is 1. The van der Waals surface area contributed by atoms with Crippen LogP contribution in [0, 0.1) is 6.92 Å². The van der Waals surface area contributed by atoms with E-state index in [-0.39, 0.29) is 11.8 Å². The van der Waals surface area contributed by atoms with Gasteiger partial charge in [-0.15, -0.1) is 0 Å². The molecule has 4 aromatic rings. The van der Waals surface area contributed by atoms with Crippen LogP contribution in [0.1, 0.15) is 22.6 Å². The van der Waals surface area contributed by atoms with Gasteiger partial charge in [0, 0.05) is 17.4 Å². The Hall–Kier alpha value is -3.99. The van der Waals surface area contributed by atoms with E-state index in [1.807, 2.05) is 98.0 Å². The highest BCUT2D eigenvalue weighted by molar-refractivity contribution is 6.06. The standard InChI is InChI=1S/C26H22N4O/c1-18-10-8-9-15-22(18)23-16-19-17-27-26(28-20-11-4-2-5-12-20)29-24(19)30(25(23)31)21-13-6-3-7-14-21/h2-15,17,23H,16H2,1H3,(H,27,28,29). The molecule has 0 bridgehead atoms. The maximum Gasteiger partial charge on any atom is 0.240 e. The molecule has 0 saturated heterocycles. The monoisotopic (exact) mass is 406 g/mol. The summed E-state index contributed by atoms with van der Waals surface area (Å²) >= 11 is 0. The van der Waals surface area contributed by atoms with E-state index in [9.17, 15) is 4.79 Å². The third-order valence-corrected chi connectivity index (χ3v) is 5.60. The number of benzene rings is 3. The zero-order valence-corrected chi connectivity index (χ0v) is 17.2. The quantitative estimate of drug-likeness (QED) is 0.484. The van der Waals surface area contributed by atoms with Crippen LogP contribution in [0.4, 0.5) is 23.1 Å². The smallest absolute Gasteiger partial charge is 0.240 e. The van der Waals surface area contributed by atoms with Gasteiger partial charge in [-0.1, -0.05) is 60.7 Å². The molecule has 1 N–H and O–H groups in total. The maximum absolute atomic E-state index is 13.8. The first kappa shape index (κ1) is 19.0. The fraction of sp³-hybridized carbons (Fsp3) is 0.115. The number of hydrogen-bond acceptors (Lipinski definition) is 4. The highest BCUT2D eigenvalue weighted by atomic mass is 16.2. The Morgan fingerprint density at radius 1 is 0.903 bits per heavy atom. The first-order valence-corrected chi connectivity index (χ1v) is 10.3. The first-order valence-electron chi connectivity index (χ1n) is 10.3. The number of hydrogen-bond donors (Lipinski definition) is 1. The van der Waals surface area contributed by atoms with Crippen molar-refractivity contribution in [1.29, 1.82) is 0 Å². The number of carbonyl (C=O) groups excluding carboxylic acids is 1. The number of aromatic nitrogens is 2. The van der Waals surface area contributed by atoms with E-state index >= 15 is 0 Å². The van der Waals surface area contributed by atoms with Gasteiger partial charge < -0.3 is 5.32 Å². The largest absolute Gasteiger partial charge is 0.324 e. The second kappa shape index (κ2) is 8.03. The minimum absolute atomic E-state index is 0.0253. The van der Waals surface area contributed by atoms with Crippen LogP contribution >= 0.6 is 0 Å². The third kappa shape index (κ3) is 3.66. The number of fused-ring (bicyclic) bond motifs is 1. The van der Waals surface area contributed by atoms with Crippen LogP contribution in [0.5, 0.6) is 0 Å². The predicted octanol–water partition coefficient (Wildman–Crippen LogP) is 5.53. The van der Waals surface area contributed by atoms with Crippen molar-refractivity contribution in [2.75, 3.05) is 10.2 Å². The van der Waals surface area contributed by atoms with Crippen LogP contribution in [-0.4, -0.2) is 15.9 Å². The molecule has 31 heavy (non-hydrogen) atoms. The van der Waals surface area contributed by atoms with Crippen molar-refractivity contribution in [3.63, 3.8) is 0 Å². The molecule has 5 nitrogen and oxygen atoms in total. The molecule has 1 aliphatic heterocycles. The maximum atomic E-state index is 13.8. The zero-order chi connectivity index (χ0) is 21.2. The fourth-order valence-electron chi connectivity index (χ4n) is 4.06. The van der Waals surface area contributed by atoms with Crippen LogP contribution < -0.4 is 10.2 Å². The highest BCUT2D eigenvalue weighted by Crippen LogP contribution is 2.39. The highest BCUT2D eigenvalue weighted by Gasteiger charge is 2.36. The lowest BCUT2D eigenvalue weighted by Crippen LogP contribution is -2.38. The SMILES string of the molecule is Cc1ccccc1C1Cc2cnc(Nc3ccccc3)nc2N(c2ccccc2)C1=O. The van der Waals surface area contributed by atoms with Crippen LogP contribution in [0.2, 0.25) is 0 Å². The molecule has 5 heteroatoms. The molecule has 1 aliphatic rings. The minimum Gasteiger partial charge on any atom is -0.324 e. The second-order valence-electron chi connectivity index (χ2n) is 7.66. The molecule has 1 amide bonds. The molecule has 152 valence electrons. The average Bonchev–Trinajstić information content (AvgIpc) is 2.80.